The molecule has 3 aromatic rings. The predicted octanol–water partition coefficient (Wildman–Crippen LogP) is 4.51. The van der Waals surface area contributed by atoms with Crippen LogP contribution in [0.15, 0.2) is 79.4 Å². The molecule has 1 N–H and O–H groups in total. The number of rotatable bonds is 6. The van der Waals surface area contributed by atoms with E-state index in [0.717, 1.165) is 22.8 Å². The van der Waals surface area contributed by atoms with Crippen molar-refractivity contribution in [3.63, 3.8) is 0 Å². The zero-order chi connectivity index (χ0) is 16.8. The SMILES string of the molecule is C=CCNc1nc(-c2ccccc2)cc(N(C)c2ccccc2)n1. The summed E-state index contributed by atoms with van der Waals surface area (Å²) in [5, 5.41) is 3.18. The lowest BCUT2D eigenvalue weighted by Gasteiger charge is -2.20. The van der Waals surface area contributed by atoms with Crippen molar-refractivity contribution < 1.29 is 0 Å². The lowest BCUT2D eigenvalue weighted by Crippen LogP contribution is -2.13. The van der Waals surface area contributed by atoms with E-state index in [4.69, 9.17) is 0 Å². The topological polar surface area (TPSA) is 41.1 Å². The molecule has 0 unspecified atom stereocenters. The molecule has 2 aromatic carbocycles. The Morgan fingerprint density at radius 2 is 1.67 bits per heavy atom. The summed E-state index contributed by atoms with van der Waals surface area (Å²) in [6.07, 6.45) is 1.79. The van der Waals surface area contributed by atoms with Crippen molar-refractivity contribution in [1.29, 1.82) is 0 Å². The molecule has 0 amide bonds. The molecule has 24 heavy (non-hydrogen) atoms. The Labute approximate surface area is 142 Å². The monoisotopic (exact) mass is 316 g/mol. The summed E-state index contributed by atoms with van der Waals surface area (Å²) in [5.74, 6) is 1.43. The van der Waals surface area contributed by atoms with Gasteiger partial charge in [-0.1, -0.05) is 54.6 Å². The van der Waals surface area contributed by atoms with Crippen molar-refractivity contribution in [2.24, 2.45) is 0 Å². The van der Waals surface area contributed by atoms with Gasteiger partial charge in [-0.15, -0.1) is 6.58 Å². The summed E-state index contributed by atoms with van der Waals surface area (Å²) in [7, 11) is 2.00. The Balaban J connectivity index is 2.03. The highest BCUT2D eigenvalue weighted by Gasteiger charge is 2.11. The van der Waals surface area contributed by atoms with Crippen molar-refractivity contribution in [1.82, 2.24) is 9.97 Å². The highest BCUT2D eigenvalue weighted by Crippen LogP contribution is 2.27. The van der Waals surface area contributed by atoms with Crippen LogP contribution in [-0.4, -0.2) is 23.6 Å². The van der Waals surface area contributed by atoms with Crippen LogP contribution in [0.3, 0.4) is 0 Å². The smallest absolute Gasteiger partial charge is 0.225 e. The van der Waals surface area contributed by atoms with E-state index >= 15 is 0 Å². The molecule has 0 aliphatic carbocycles. The summed E-state index contributed by atoms with van der Waals surface area (Å²) in [4.78, 5) is 11.3. The molecule has 0 aliphatic heterocycles. The molecule has 0 spiro atoms. The zero-order valence-electron chi connectivity index (χ0n) is 13.7. The van der Waals surface area contributed by atoms with Gasteiger partial charge in [-0.2, -0.15) is 4.98 Å². The molecule has 1 aromatic heterocycles. The lowest BCUT2D eigenvalue weighted by molar-refractivity contribution is 1.07. The van der Waals surface area contributed by atoms with E-state index in [1.54, 1.807) is 6.08 Å². The van der Waals surface area contributed by atoms with Gasteiger partial charge in [0, 0.05) is 30.9 Å². The summed E-state index contributed by atoms with van der Waals surface area (Å²) in [6, 6.07) is 22.3. The number of anilines is 3. The molecule has 0 fully saturated rings. The van der Waals surface area contributed by atoms with E-state index in [1.807, 2.05) is 66.5 Å². The van der Waals surface area contributed by atoms with Crippen molar-refractivity contribution in [3.05, 3.63) is 79.4 Å². The van der Waals surface area contributed by atoms with Crippen LogP contribution >= 0.6 is 0 Å². The molecule has 3 rings (SSSR count). The number of para-hydroxylation sites is 1. The summed E-state index contributed by atoms with van der Waals surface area (Å²) >= 11 is 0. The Morgan fingerprint density at radius 3 is 2.33 bits per heavy atom. The zero-order valence-corrected chi connectivity index (χ0v) is 13.7. The van der Waals surface area contributed by atoms with Gasteiger partial charge < -0.3 is 10.2 Å². The summed E-state index contributed by atoms with van der Waals surface area (Å²) in [6.45, 7) is 4.35. The first-order valence-electron chi connectivity index (χ1n) is 7.86. The minimum atomic E-state index is 0.592. The maximum absolute atomic E-state index is 4.63. The number of nitrogens with zero attached hydrogens (tertiary/aromatic N) is 3. The molecule has 0 saturated heterocycles. The van der Waals surface area contributed by atoms with Crippen LogP contribution in [0.1, 0.15) is 0 Å². The maximum atomic E-state index is 4.63. The molecule has 0 atom stereocenters. The Hall–Kier alpha value is -3.14. The molecular weight excluding hydrogens is 296 g/mol. The minimum Gasteiger partial charge on any atom is -0.351 e. The standard InChI is InChI=1S/C20H20N4/c1-3-14-21-20-22-18(16-10-6-4-7-11-16)15-19(23-20)24(2)17-12-8-5-9-13-17/h3-13,15H,1,14H2,2H3,(H,21,22,23). The highest BCUT2D eigenvalue weighted by atomic mass is 15.2. The van der Waals surface area contributed by atoms with Crippen molar-refractivity contribution >= 4 is 17.5 Å². The molecule has 4 heteroatoms. The van der Waals surface area contributed by atoms with E-state index in [9.17, 15) is 0 Å². The van der Waals surface area contributed by atoms with Crippen LogP contribution in [0.5, 0.6) is 0 Å². The molecule has 0 bridgehead atoms. The van der Waals surface area contributed by atoms with Gasteiger partial charge in [0.2, 0.25) is 5.95 Å². The van der Waals surface area contributed by atoms with Crippen molar-refractivity contribution in [2.75, 3.05) is 23.8 Å². The van der Waals surface area contributed by atoms with Crippen LogP contribution in [0, 0.1) is 0 Å². The Bertz CT molecular complexity index is 800. The van der Waals surface area contributed by atoms with Gasteiger partial charge in [0.1, 0.15) is 5.82 Å². The van der Waals surface area contributed by atoms with Gasteiger partial charge in [-0.05, 0) is 12.1 Å². The molecular formula is C20H20N4. The summed E-state index contributed by atoms with van der Waals surface area (Å²) in [5.41, 5.74) is 3.02. The molecule has 0 aliphatic rings. The number of aromatic nitrogens is 2. The first-order chi connectivity index (χ1) is 11.8. The predicted molar refractivity (Wildman–Crippen MR) is 101 cm³/mol. The Morgan fingerprint density at radius 1 is 1.00 bits per heavy atom. The van der Waals surface area contributed by atoms with Crippen LogP contribution in [0.2, 0.25) is 0 Å². The average Bonchev–Trinajstić information content (AvgIpc) is 2.67. The molecule has 0 radical (unpaired) electrons. The van der Waals surface area contributed by atoms with Crippen LogP contribution in [0.25, 0.3) is 11.3 Å². The number of hydrogen-bond donors (Lipinski definition) is 1. The summed E-state index contributed by atoms with van der Waals surface area (Å²) < 4.78 is 0. The second kappa shape index (κ2) is 7.42. The van der Waals surface area contributed by atoms with Gasteiger partial charge in [0.15, 0.2) is 0 Å². The van der Waals surface area contributed by atoms with Crippen LogP contribution in [0.4, 0.5) is 17.5 Å². The second-order valence-corrected chi connectivity index (χ2v) is 5.37. The van der Waals surface area contributed by atoms with E-state index in [1.165, 1.54) is 0 Å². The maximum Gasteiger partial charge on any atom is 0.225 e. The first-order valence-corrected chi connectivity index (χ1v) is 7.86. The number of hydrogen-bond acceptors (Lipinski definition) is 4. The molecule has 4 nitrogen and oxygen atoms in total. The van der Waals surface area contributed by atoms with Gasteiger partial charge in [0.05, 0.1) is 5.69 Å². The fraction of sp³-hybridized carbons (Fsp3) is 0.100. The van der Waals surface area contributed by atoms with Crippen molar-refractivity contribution in [3.8, 4) is 11.3 Å². The molecule has 1 heterocycles. The van der Waals surface area contributed by atoms with Crippen LogP contribution < -0.4 is 10.2 Å². The Kier molecular flexibility index (Phi) is 4.87. The number of nitrogens with one attached hydrogen (secondary N) is 1. The highest BCUT2D eigenvalue weighted by molar-refractivity contribution is 5.68. The van der Waals surface area contributed by atoms with E-state index in [0.29, 0.717) is 12.5 Å². The largest absolute Gasteiger partial charge is 0.351 e. The average molecular weight is 316 g/mol. The van der Waals surface area contributed by atoms with Gasteiger partial charge in [0.25, 0.3) is 0 Å². The third-order valence-corrected chi connectivity index (χ3v) is 3.67. The van der Waals surface area contributed by atoms with Gasteiger partial charge >= 0.3 is 0 Å². The van der Waals surface area contributed by atoms with E-state index in [2.05, 4.69) is 34.0 Å². The van der Waals surface area contributed by atoms with Gasteiger partial charge in [-0.3, -0.25) is 0 Å². The third-order valence-electron chi connectivity index (χ3n) is 3.67. The van der Waals surface area contributed by atoms with Crippen molar-refractivity contribution in [2.45, 2.75) is 0 Å². The van der Waals surface area contributed by atoms with Crippen LogP contribution in [-0.2, 0) is 0 Å². The third kappa shape index (κ3) is 3.60. The first kappa shape index (κ1) is 15.7. The van der Waals surface area contributed by atoms with E-state index < -0.39 is 0 Å². The van der Waals surface area contributed by atoms with E-state index in [-0.39, 0.29) is 0 Å². The molecule has 120 valence electrons. The number of benzene rings is 2. The quantitative estimate of drug-likeness (QED) is 0.679. The lowest BCUT2D eigenvalue weighted by atomic mass is 10.1. The minimum absolute atomic E-state index is 0.592. The molecule has 0 saturated carbocycles. The fourth-order valence-electron chi connectivity index (χ4n) is 2.39. The second-order valence-electron chi connectivity index (χ2n) is 5.37. The normalized spacial score (nSPS) is 10.2. The fourth-order valence-corrected chi connectivity index (χ4v) is 2.39. The van der Waals surface area contributed by atoms with Gasteiger partial charge in [-0.25, -0.2) is 4.98 Å².